The molecule has 1 aromatic carbocycles. The fraction of sp³-hybridized carbons (Fsp3) is 0.400. The molecule has 1 aromatic heterocycles. The first-order chi connectivity index (χ1) is 9.61. The van der Waals surface area contributed by atoms with Crippen molar-refractivity contribution in [1.29, 1.82) is 0 Å². The Kier molecular flexibility index (Phi) is 5.09. The van der Waals surface area contributed by atoms with Gasteiger partial charge >= 0.3 is 0 Å². The Hall–Kier alpha value is -1.46. The van der Waals surface area contributed by atoms with E-state index in [0.717, 1.165) is 22.2 Å². The fourth-order valence-corrected chi connectivity index (χ4v) is 2.86. The highest BCUT2D eigenvalue weighted by molar-refractivity contribution is 7.98. The molecule has 4 nitrogen and oxygen atoms in total. The Labute approximate surface area is 123 Å². The summed E-state index contributed by atoms with van der Waals surface area (Å²) in [7, 11) is 0. The number of carbonyl (C=O) groups is 1. The minimum atomic E-state index is -0.515. The molecule has 0 saturated carbocycles. The van der Waals surface area contributed by atoms with Crippen LogP contribution >= 0.6 is 11.8 Å². The zero-order chi connectivity index (χ0) is 14.5. The molecule has 2 atom stereocenters. The Balaban J connectivity index is 2.00. The van der Waals surface area contributed by atoms with E-state index in [0.29, 0.717) is 6.42 Å². The van der Waals surface area contributed by atoms with Crippen LogP contribution in [0.15, 0.2) is 30.5 Å². The first kappa shape index (κ1) is 14.9. The van der Waals surface area contributed by atoms with Gasteiger partial charge in [0.2, 0.25) is 5.91 Å². The number of para-hydroxylation sites is 1. The van der Waals surface area contributed by atoms with Crippen molar-refractivity contribution < 1.29 is 4.79 Å². The quantitative estimate of drug-likeness (QED) is 0.761. The zero-order valence-corrected chi connectivity index (χ0v) is 12.7. The van der Waals surface area contributed by atoms with Crippen molar-refractivity contribution in [2.75, 3.05) is 12.0 Å². The number of rotatable bonds is 6. The predicted octanol–water partition coefficient (Wildman–Crippen LogP) is 1.91. The van der Waals surface area contributed by atoms with Gasteiger partial charge in [-0.2, -0.15) is 11.8 Å². The first-order valence-corrected chi connectivity index (χ1v) is 8.11. The van der Waals surface area contributed by atoms with Crippen LogP contribution in [-0.2, 0) is 11.2 Å². The number of nitrogens with one attached hydrogen (secondary N) is 2. The first-order valence-electron chi connectivity index (χ1n) is 6.71. The summed E-state index contributed by atoms with van der Waals surface area (Å²) in [5.41, 5.74) is 8.17. The lowest BCUT2D eigenvalue weighted by molar-refractivity contribution is -0.122. The van der Waals surface area contributed by atoms with E-state index in [1.807, 2.05) is 43.6 Å². The van der Waals surface area contributed by atoms with Gasteiger partial charge in [0.25, 0.3) is 0 Å². The van der Waals surface area contributed by atoms with Crippen LogP contribution in [0, 0.1) is 0 Å². The van der Waals surface area contributed by atoms with Crippen LogP contribution in [0.1, 0.15) is 12.5 Å². The molecule has 5 heteroatoms. The third-order valence-electron chi connectivity index (χ3n) is 3.26. The van der Waals surface area contributed by atoms with Crippen LogP contribution in [0.2, 0.25) is 0 Å². The van der Waals surface area contributed by atoms with Gasteiger partial charge in [0, 0.05) is 28.9 Å². The standard InChI is InChI=1S/C15H21N3OS/c1-10(9-20-2)18-15(19)13(16)7-11-8-17-14-6-4-3-5-12(11)14/h3-6,8,10,13,17H,7,9,16H2,1-2H3,(H,18,19)/t10?,13-/m1/s1. The molecular formula is C15H21N3OS. The van der Waals surface area contributed by atoms with Gasteiger partial charge in [-0.25, -0.2) is 0 Å². The van der Waals surface area contributed by atoms with E-state index < -0.39 is 6.04 Å². The number of carbonyl (C=O) groups excluding carboxylic acids is 1. The Morgan fingerprint density at radius 2 is 2.20 bits per heavy atom. The van der Waals surface area contributed by atoms with E-state index >= 15 is 0 Å². The molecule has 0 saturated heterocycles. The summed E-state index contributed by atoms with van der Waals surface area (Å²) < 4.78 is 0. The minimum absolute atomic E-state index is 0.0863. The third kappa shape index (κ3) is 3.55. The second-order valence-corrected chi connectivity index (χ2v) is 5.95. The zero-order valence-electron chi connectivity index (χ0n) is 11.8. The summed E-state index contributed by atoms with van der Waals surface area (Å²) in [4.78, 5) is 15.2. The molecule has 2 aromatic rings. The molecule has 20 heavy (non-hydrogen) atoms. The number of aromatic amines is 1. The number of H-pyrrole nitrogens is 1. The number of amides is 1. The molecule has 0 bridgehead atoms. The van der Waals surface area contributed by atoms with Gasteiger partial charge in [-0.1, -0.05) is 18.2 Å². The SMILES string of the molecule is CSCC(C)NC(=O)[C@H](N)Cc1c[nH]c2ccccc12. The van der Waals surface area contributed by atoms with Crippen molar-refractivity contribution in [3.8, 4) is 0 Å². The van der Waals surface area contributed by atoms with Crippen molar-refractivity contribution in [3.05, 3.63) is 36.0 Å². The van der Waals surface area contributed by atoms with E-state index in [9.17, 15) is 4.79 Å². The number of thioether (sulfide) groups is 1. The van der Waals surface area contributed by atoms with Gasteiger partial charge in [0.15, 0.2) is 0 Å². The monoisotopic (exact) mass is 291 g/mol. The molecule has 108 valence electrons. The molecule has 0 fully saturated rings. The summed E-state index contributed by atoms with van der Waals surface area (Å²) in [6.45, 7) is 1.99. The fourth-order valence-electron chi connectivity index (χ4n) is 2.27. The number of fused-ring (bicyclic) bond motifs is 1. The Bertz CT molecular complexity index is 581. The van der Waals surface area contributed by atoms with E-state index in [2.05, 4.69) is 10.3 Å². The molecule has 1 unspecified atom stereocenters. The summed E-state index contributed by atoms with van der Waals surface area (Å²) >= 11 is 1.71. The summed E-state index contributed by atoms with van der Waals surface area (Å²) in [6.07, 6.45) is 4.50. The van der Waals surface area contributed by atoms with E-state index in [1.165, 1.54) is 0 Å². The van der Waals surface area contributed by atoms with Gasteiger partial charge in [-0.15, -0.1) is 0 Å². The topological polar surface area (TPSA) is 70.9 Å². The summed E-state index contributed by atoms with van der Waals surface area (Å²) in [5, 5.41) is 4.08. The summed E-state index contributed by atoms with van der Waals surface area (Å²) in [6, 6.07) is 7.67. The van der Waals surface area contributed by atoms with Gasteiger partial charge < -0.3 is 16.0 Å². The second-order valence-electron chi connectivity index (χ2n) is 5.04. The predicted molar refractivity (Wildman–Crippen MR) is 86.0 cm³/mol. The average molecular weight is 291 g/mol. The van der Waals surface area contributed by atoms with Crippen LogP contribution in [0.25, 0.3) is 10.9 Å². The minimum Gasteiger partial charge on any atom is -0.361 e. The highest BCUT2D eigenvalue weighted by atomic mass is 32.2. The van der Waals surface area contributed by atoms with Gasteiger partial charge in [-0.3, -0.25) is 4.79 Å². The normalized spacial score (nSPS) is 14.2. The number of benzene rings is 1. The lowest BCUT2D eigenvalue weighted by atomic mass is 10.0. The number of hydrogen-bond donors (Lipinski definition) is 3. The number of hydrogen-bond acceptors (Lipinski definition) is 3. The molecule has 0 aliphatic heterocycles. The summed E-state index contributed by atoms with van der Waals surface area (Å²) in [5.74, 6) is 0.808. The largest absolute Gasteiger partial charge is 0.361 e. The molecule has 4 N–H and O–H groups in total. The molecule has 2 rings (SSSR count). The average Bonchev–Trinajstić information content (AvgIpc) is 2.82. The van der Waals surface area contributed by atoms with Crippen LogP contribution < -0.4 is 11.1 Å². The van der Waals surface area contributed by atoms with Crippen molar-refractivity contribution in [2.45, 2.75) is 25.4 Å². The van der Waals surface area contributed by atoms with Crippen molar-refractivity contribution in [2.24, 2.45) is 5.73 Å². The second kappa shape index (κ2) is 6.81. The van der Waals surface area contributed by atoms with Gasteiger partial charge in [0.05, 0.1) is 6.04 Å². The smallest absolute Gasteiger partial charge is 0.237 e. The van der Waals surface area contributed by atoms with Crippen LogP contribution in [0.5, 0.6) is 0 Å². The van der Waals surface area contributed by atoms with Crippen LogP contribution in [0.3, 0.4) is 0 Å². The van der Waals surface area contributed by atoms with Crippen LogP contribution in [-0.4, -0.2) is 35.0 Å². The molecule has 0 radical (unpaired) electrons. The molecule has 1 heterocycles. The van der Waals surface area contributed by atoms with Crippen molar-refractivity contribution in [1.82, 2.24) is 10.3 Å². The van der Waals surface area contributed by atoms with Gasteiger partial charge in [0.1, 0.15) is 0 Å². The molecule has 0 spiro atoms. The highest BCUT2D eigenvalue weighted by Gasteiger charge is 2.17. The van der Waals surface area contributed by atoms with E-state index in [4.69, 9.17) is 5.73 Å². The molecule has 0 aliphatic rings. The maximum atomic E-state index is 12.0. The lowest BCUT2D eigenvalue weighted by Gasteiger charge is -2.16. The third-order valence-corrected chi connectivity index (χ3v) is 4.09. The van der Waals surface area contributed by atoms with Crippen molar-refractivity contribution in [3.63, 3.8) is 0 Å². The van der Waals surface area contributed by atoms with Gasteiger partial charge in [-0.05, 0) is 31.2 Å². The van der Waals surface area contributed by atoms with Crippen LogP contribution in [0.4, 0.5) is 0 Å². The Morgan fingerprint density at radius 1 is 1.45 bits per heavy atom. The number of aromatic nitrogens is 1. The highest BCUT2D eigenvalue weighted by Crippen LogP contribution is 2.18. The van der Waals surface area contributed by atoms with E-state index in [1.54, 1.807) is 11.8 Å². The van der Waals surface area contributed by atoms with E-state index in [-0.39, 0.29) is 11.9 Å². The maximum Gasteiger partial charge on any atom is 0.237 e. The number of nitrogens with two attached hydrogens (primary N) is 1. The Morgan fingerprint density at radius 3 is 2.95 bits per heavy atom. The molecular weight excluding hydrogens is 270 g/mol. The van der Waals surface area contributed by atoms with Crippen molar-refractivity contribution >= 4 is 28.6 Å². The maximum absolute atomic E-state index is 12.0. The molecule has 1 amide bonds. The molecule has 0 aliphatic carbocycles. The lowest BCUT2D eigenvalue weighted by Crippen LogP contribution is -2.46.